The lowest BCUT2D eigenvalue weighted by atomic mass is 10.2. The van der Waals surface area contributed by atoms with Crippen LogP contribution in [0, 0.1) is 41.5 Å². The molecule has 16 heterocycles. The number of hydrogen-bond acceptors (Lipinski definition) is 18. The minimum atomic E-state index is 0.540. The lowest BCUT2D eigenvalue weighted by molar-refractivity contribution is 1.07. The monoisotopic (exact) mass is 1010 g/mol. The van der Waals surface area contributed by atoms with Gasteiger partial charge in [-0.3, -0.25) is 0 Å². The van der Waals surface area contributed by atoms with Gasteiger partial charge < -0.3 is 0 Å². The van der Waals surface area contributed by atoms with Crippen LogP contribution < -0.4 is 0 Å². The molecule has 6 aromatic carbocycles. The summed E-state index contributed by atoms with van der Waals surface area (Å²) in [6.07, 6.45) is 0. The van der Waals surface area contributed by atoms with Gasteiger partial charge >= 0.3 is 0 Å². The van der Waals surface area contributed by atoms with E-state index >= 15 is 0 Å². The summed E-state index contributed by atoms with van der Waals surface area (Å²) in [5.41, 5.74) is 6.48. The molecule has 0 saturated heterocycles. The Balaban J connectivity index is 0.992. The van der Waals surface area contributed by atoms with Crippen molar-refractivity contribution in [2.75, 3.05) is 0 Å². The maximum atomic E-state index is 4.90. The Kier molecular flexibility index (Phi) is 11.6. The van der Waals surface area contributed by atoms with Gasteiger partial charge in [-0.2, -0.15) is 0 Å². The second kappa shape index (κ2) is 19.3. The molecule has 22 rings (SSSR count). The molecule has 0 radical (unpaired) electrons. The largest absolute Gasteiger partial charge is 0.213 e. The van der Waals surface area contributed by atoms with Crippen LogP contribution >= 0.6 is 0 Å². The molecular formula is C60H42N18. The molecule has 0 aliphatic carbocycles. The predicted molar refractivity (Wildman–Crippen MR) is 305 cm³/mol. The molecule has 18 heteroatoms. The van der Waals surface area contributed by atoms with E-state index in [1.54, 1.807) is 0 Å². The Bertz CT molecular complexity index is 3860. The molecule has 0 aliphatic rings. The van der Waals surface area contributed by atoms with Crippen LogP contribution in [0.4, 0.5) is 0 Å². The van der Waals surface area contributed by atoms with E-state index < -0.39 is 0 Å². The predicted octanol–water partition coefficient (Wildman–Crippen LogP) is 11.5. The van der Waals surface area contributed by atoms with Crippen molar-refractivity contribution in [1.29, 1.82) is 0 Å². The average molecular weight is 1020 g/mol. The van der Waals surface area contributed by atoms with Crippen LogP contribution in [0.3, 0.4) is 0 Å². The van der Waals surface area contributed by atoms with Crippen molar-refractivity contribution in [3.8, 4) is 0 Å². The van der Waals surface area contributed by atoms with Crippen LogP contribution in [0.25, 0.3) is 132 Å². The molecule has 18 nitrogen and oxygen atoms in total. The van der Waals surface area contributed by atoms with Crippen LogP contribution in [-0.2, 0) is 0 Å². The van der Waals surface area contributed by atoms with Gasteiger partial charge in [-0.15, -0.1) is 0 Å². The summed E-state index contributed by atoms with van der Waals surface area (Å²) in [6, 6.07) is 47.1. The fourth-order valence-electron chi connectivity index (χ4n) is 9.05. The second-order valence-corrected chi connectivity index (χ2v) is 18.6. The van der Waals surface area contributed by atoms with E-state index in [0.29, 0.717) is 103 Å². The summed E-state index contributed by atoms with van der Waals surface area (Å²) in [4.78, 5) is 85.9. The Morgan fingerprint density at radius 1 is 0.128 bits per heavy atom. The topological polar surface area (TPSA) is 232 Å². The van der Waals surface area contributed by atoms with Crippen molar-refractivity contribution in [3.63, 3.8) is 0 Å². The first-order chi connectivity index (χ1) is 38.0. The molecule has 0 N–H and O–H groups in total. The SMILES string of the molecule is Cc1nc2nc(n1)c1ccc(cc1)c1nc(C)nc(n1)c1ccc(cc1)c1nc(C)nc(n1)c1ccc(cc1)c1nc(C)nc(n1)c1ccc(cc1)c1nc(C)nc(n1)c1ccc(cc1)c1nc(C)nc(n1)c1ccc2cc1. The summed E-state index contributed by atoms with van der Waals surface area (Å²) in [7, 11) is 0. The van der Waals surface area contributed by atoms with E-state index in [-0.39, 0.29) is 0 Å². The summed E-state index contributed by atoms with van der Waals surface area (Å²) < 4.78 is 0. The highest BCUT2D eigenvalue weighted by molar-refractivity contribution is 5.91. The van der Waals surface area contributed by atoms with Gasteiger partial charge in [0.15, 0.2) is 67.8 Å². The maximum absolute atomic E-state index is 4.90. The number of rotatable bonds is 0. The average Bonchev–Trinajstić information content (AvgIpc) is 3.47. The number of nitrogens with zero attached hydrogens (tertiary/aromatic N) is 18. The molecule has 0 spiro atoms. The van der Waals surface area contributed by atoms with Crippen LogP contribution in [-0.4, -0.2) is 89.7 Å². The Labute approximate surface area is 442 Å². The van der Waals surface area contributed by atoms with Crippen LogP contribution in [0.5, 0.6) is 0 Å². The molecule has 24 bridgehead atoms. The Morgan fingerprint density at radius 2 is 0.205 bits per heavy atom. The number of aromatic nitrogens is 18. The first kappa shape index (κ1) is 47.1. The van der Waals surface area contributed by atoms with Crippen LogP contribution in [0.2, 0.25) is 0 Å². The van der Waals surface area contributed by atoms with Gasteiger partial charge in [-0.25, -0.2) is 89.7 Å². The van der Waals surface area contributed by atoms with Gasteiger partial charge in [0.1, 0.15) is 34.9 Å². The van der Waals surface area contributed by atoms with Crippen molar-refractivity contribution in [2.45, 2.75) is 41.5 Å². The number of benzene rings is 6. The highest BCUT2D eigenvalue weighted by Gasteiger charge is 2.08. The van der Waals surface area contributed by atoms with Gasteiger partial charge in [0.2, 0.25) is 0 Å². The second-order valence-electron chi connectivity index (χ2n) is 18.6. The molecule has 0 saturated carbocycles. The summed E-state index contributed by atoms with van der Waals surface area (Å²) in [5.74, 6) is 3.52. The molecule has 22 aromatic rings. The Hall–Kier alpha value is -10.6. The first-order valence-corrected chi connectivity index (χ1v) is 25.0. The summed E-state index contributed by atoms with van der Waals surface area (Å²) in [5, 5.41) is 9.78. The molecule has 0 fully saturated rings. The van der Waals surface area contributed by atoms with Crippen molar-refractivity contribution in [1.82, 2.24) is 89.7 Å². The molecular weight excluding hydrogens is 973 g/mol. The summed E-state index contributed by atoms with van der Waals surface area (Å²) >= 11 is 0. The molecule has 16 aromatic heterocycles. The van der Waals surface area contributed by atoms with Crippen molar-refractivity contribution >= 4 is 132 Å². The molecule has 0 unspecified atom stereocenters. The van der Waals surface area contributed by atoms with Crippen LogP contribution in [0.1, 0.15) is 34.9 Å². The zero-order chi connectivity index (χ0) is 53.0. The highest BCUT2D eigenvalue weighted by atomic mass is 15.0. The molecule has 0 aliphatic heterocycles. The van der Waals surface area contributed by atoms with Gasteiger partial charge in [-0.05, 0) is 41.5 Å². The standard InChI is InChI=1S/C60H42N18/c1-31-61-49-37-7-11-39(12-8-37)51-63-32(2)65-53(74-51)41-15-19-43(20-16-41)55-67-34(4)69-57(76-55)45-23-27-47(28-24-45)59-71-36(6)72-60(78-59)48-29-25-46(26-30-48)58-70-35(5)68-56(77-58)44-21-17-42(18-22-44)54-66-33(3)64-52(75-54)40-13-9-38(10-14-40)50(62-31)73-49/h7-30H,1-6H3. The molecule has 0 amide bonds. The van der Waals surface area contributed by atoms with E-state index in [9.17, 15) is 0 Å². The Morgan fingerprint density at radius 3 is 0.282 bits per heavy atom. The maximum Gasteiger partial charge on any atom is 0.163 e. The fraction of sp³-hybridized carbons (Fsp3) is 0.100. The molecule has 0 atom stereocenters. The third-order valence-electron chi connectivity index (χ3n) is 12.9. The van der Waals surface area contributed by atoms with E-state index in [1.165, 1.54) is 0 Å². The normalized spacial score (nSPS) is 11.5. The van der Waals surface area contributed by atoms with Crippen molar-refractivity contribution in [2.24, 2.45) is 0 Å². The first-order valence-electron chi connectivity index (χ1n) is 25.0. The zero-order valence-corrected chi connectivity index (χ0v) is 42.9. The number of hydrogen-bond donors (Lipinski definition) is 0. The van der Waals surface area contributed by atoms with Crippen LogP contribution in [0.15, 0.2) is 146 Å². The molecule has 372 valence electrons. The zero-order valence-electron chi connectivity index (χ0n) is 42.9. The van der Waals surface area contributed by atoms with Crippen molar-refractivity contribution < 1.29 is 0 Å². The molecule has 78 heavy (non-hydrogen) atoms. The fourth-order valence-corrected chi connectivity index (χ4v) is 9.05. The minimum absolute atomic E-state index is 0.540. The van der Waals surface area contributed by atoms with Gasteiger partial charge in [0.25, 0.3) is 0 Å². The smallest absolute Gasteiger partial charge is 0.163 e. The summed E-state index contributed by atoms with van der Waals surface area (Å²) in [6.45, 7) is 11.2. The van der Waals surface area contributed by atoms with Gasteiger partial charge in [0.05, 0.1) is 0 Å². The van der Waals surface area contributed by atoms with E-state index in [4.69, 9.17) is 89.7 Å². The third kappa shape index (κ3) is 9.45. The van der Waals surface area contributed by atoms with Gasteiger partial charge in [0, 0.05) is 64.6 Å². The lowest BCUT2D eigenvalue weighted by Gasteiger charge is -2.01. The van der Waals surface area contributed by atoms with E-state index in [1.807, 2.05) is 187 Å². The van der Waals surface area contributed by atoms with Crippen molar-refractivity contribution in [3.05, 3.63) is 181 Å². The van der Waals surface area contributed by atoms with E-state index in [0.717, 1.165) is 64.6 Å². The highest BCUT2D eigenvalue weighted by Crippen LogP contribution is 2.22. The minimum Gasteiger partial charge on any atom is -0.213 e. The number of aryl methyl sites for hydroxylation is 6. The van der Waals surface area contributed by atoms with Gasteiger partial charge in [-0.1, -0.05) is 146 Å². The third-order valence-corrected chi connectivity index (χ3v) is 12.9. The quantitative estimate of drug-likeness (QED) is 0.137. The van der Waals surface area contributed by atoms with E-state index in [2.05, 4.69) is 0 Å². The lowest BCUT2D eigenvalue weighted by Crippen LogP contribution is -1.94.